The van der Waals surface area contributed by atoms with E-state index >= 15 is 0 Å². The van der Waals surface area contributed by atoms with Gasteiger partial charge in [0.2, 0.25) is 0 Å². The maximum atomic E-state index is 9.63. The van der Waals surface area contributed by atoms with Crippen LogP contribution in [-0.4, -0.2) is 12.0 Å². The molecule has 1 nitrogen and oxygen atoms in total. The van der Waals surface area contributed by atoms with E-state index in [0.717, 1.165) is 37.9 Å². The molecular formula is C15H19NS. The zero-order chi connectivity index (χ0) is 12.1. The Morgan fingerprint density at radius 1 is 1.41 bits per heavy atom. The fourth-order valence-corrected chi connectivity index (χ4v) is 3.30. The fourth-order valence-electron chi connectivity index (χ4n) is 2.87. The molecule has 1 aliphatic carbocycles. The van der Waals surface area contributed by atoms with Crippen LogP contribution in [0.1, 0.15) is 36.8 Å². The number of nitriles is 1. The molecule has 0 aromatic heterocycles. The Bertz CT molecular complexity index is 421. The second-order valence-electron chi connectivity index (χ2n) is 4.80. The van der Waals surface area contributed by atoms with Crippen LogP contribution in [0.25, 0.3) is 0 Å². The Labute approximate surface area is 108 Å². The minimum Gasteiger partial charge on any atom is -0.197 e. The van der Waals surface area contributed by atoms with Gasteiger partial charge in [0.25, 0.3) is 0 Å². The summed E-state index contributed by atoms with van der Waals surface area (Å²) in [6.07, 6.45) is 7.62. The van der Waals surface area contributed by atoms with Crippen LogP contribution in [0.2, 0.25) is 0 Å². The standard InChI is InChI=1S/C15H19NS/c1-17-11-5-10-15(12-16)9-4-7-13-6-2-3-8-14(13)15/h2-3,6,8H,4-5,7,9-11H2,1H3. The summed E-state index contributed by atoms with van der Waals surface area (Å²) < 4.78 is 0. The summed E-state index contributed by atoms with van der Waals surface area (Å²) in [7, 11) is 0. The highest BCUT2D eigenvalue weighted by Gasteiger charge is 2.35. The second-order valence-corrected chi connectivity index (χ2v) is 5.79. The summed E-state index contributed by atoms with van der Waals surface area (Å²) >= 11 is 1.87. The van der Waals surface area contributed by atoms with E-state index in [4.69, 9.17) is 0 Å². The van der Waals surface area contributed by atoms with E-state index in [1.54, 1.807) is 0 Å². The van der Waals surface area contributed by atoms with Gasteiger partial charge in [-0.15, -0.1) is 0 Å². The number of thioether (sulfide) groups is 1. The van der Waals surface area contributed by atoms with E-state index in [-0.39, 0.29) is 5.41 Å². The van der Waals surface area contributed by atoms with Crippen LogP contribution in [0.3, 0.4) is 0 Å². The van der Waals surface area contributed by atoms with Gasteiger partial charge in [0.05, 0.1) is 11.5 Å². The van der Waals surface area contributed by atoms with Crippen LogP contribution >= 0.6 is 11.8 Å². The van der Waals surface area contributed by atoms with Crippen LogP contribution in [0.5, 0.6) is 0 Å². The number of fused-ring (bicyclic) bond motifs is 1. The summed E-state index contributed by atoms with van der Waals surface area (Å²) in [5.74, 6) is 1.16. The van der Waals surface area contributed by atoms with E-state index in [1.807, 2.05) is 11.8 Å². The number of nitrogens with zero attached hydrogens (tertiary/aromatic N) is 1. The molecule has 0 spiro atoms. The monoisotopic (exact) mass is 245 g/mol. The highest BCUT2D eigenvalue weighted by atomic mass is 32.2. The molecule has 0 saturated heterocycles. The van der Waals surface area contributed by atoms with Gasteiger partial charge in [0, 0.05) is 0 Å². The van der Waals surface area contributed by atoms with Gasteiger partial charge in [-0.25, -0.2) is 0 Å². The molecule has 17 heavy (non-hydrogen) atoms. The number of rotatable bonds is 4. The van der Waals surface area contributed by atoms with Crippen LogP contribution < -0.4 is 0 Å². The summed E-state index contributed by atoms with van der Waals surface area (Å²) in [6, 6.07) is 11.1. The van der Waals surface area contributed by atoms with Gasteiger partial charge in [-0.3, -0.25) is 0 Å². The van der Waals surface area contributed by atoms with Crippen molar-refractivity contribution in [2.24, 2.45) is 0 Å². The van der Waals surface area contributed by atoms with E-state index in [0.29, 0.717) is 0 Å². The zero-order valence-corrected chi connectivity index (χ0v) is 11.2. The van der Waals surface area contributed by atoms with Crippen molar-refractivity contribution < 1.29 is 0 Å². The quantitative estimate of drug-likeness (QED) is 0.750. The molecule has 0 saturated carbocycles. The fraction of sp³-hybridized carbons (Fsp3) is 0.533. The maximum absolute atomic E-state index is 9.63. The van der Waals surface area contributed by atoms with Gasteiger partial charge >= 0.3 is 0 Å². The molecular weight excluding hydrogens is 226 g/mol. The van der Waals surface area contributed by atoms with Gasteiger partial charge < -0.3 is 0 Å². The molecule has 90 valence electrons. The van der Waals surface area contributed by atoms with Crippen molar-refractivity contribution in [1.82, 2.24) is 0 Å². The predicted octanol–water partition coefficient (Wildman–Crippen LogP) is 3.93. The Balaban J connectivity index is 2.27. The molecule has 1 aromatic rings. The van der Waals surface area contributed by atoms with Crippen molar-refractivity contribution >= 4 is 11.8 Å². The molecule has 0 fully saturated rings. The lowest BCUT2D eigenvalue weighted by Gasteiger charge is -2.33. The highest BCUT2D eigenvalue weighted by Crippen LogP contribution is 2.40. The van der Waals surface area contributed by atoms with Crippen LogP contribution in [-0.2, 0) is 11.8 Å². The van der Waals surface area contributed by atoms with Crippen molar-refractivity contribution in [2.45, 2.75) is 37.5 Å². The van der Waals surface area contributed by atoms with Crippen molar-refractivity contribution in [1.29, 1.82) is 5.26 Å². The lowest BCUT2D eigenvalue weighted by molar-refractivity contribution is 0.420. The molecule has 0 radical (unpaired) electrons. The molecule has 1 atom stereocenters. The third-order valence-electron chi connectivity index (χ3n) is 3.75. The third-order valence-corrected chi connectivity index (χ3v) is 4.45. The van der Waals surface area contributed by atoms with Gasteiger partial charge in [0.1, 0.15) is 0 Å². The first-order valence-electron chi connectivity index (χ1n) is 6.31. The van der Waals surface area contributed by atoms with E-state index in [1.165, 1.54) is 11.1 Å². The minimum absolute atomic E-state index is 0.204. The molecule has 2 heteroatoms. The normalized spacial score (nSPS) is 22.8. The smallest absolute Gasteiger partial charge is 0.0825 e. The van der Waals surface area contributed by atoms with Gasteiger partial charge in [-0.05, 0) is 55.2 Å². The lowest BCUT2D eigenvalue weighted by Crippen LogP contribution is -2.29. The summed E-state index contributed by atoms with van der Waals surface area (Å²) in [5.41, 5.74) is 2.49. The Morgan fingerprint density at radius 2 is 2.24 bits per heavy atom. The van der Waals surface area contributed by atoms with Crippen molar-refractivity contribution in [2.75, 3.05) is 12.0 Å². The lowest BCUT2D eigenvalue weighted by atomic mass is 9.68. The summed E-state index contributed by atoms with van der Waals surface area (Å²) in [6.45, 7) is 0. The maximum Gasteiger partial charge on any atom is 0.0825 e. The SMILES string of the molecule is CSCCCC1(C#N)CCCc2ccccc21. The molecule has 0 bridgehead atoms. The van der Waals surface area contributed by atoms with Crippen LogP contribution in [0.4, 0.5) is 0 Å². The molecule has 0 aliphatic heterocycles. The average Bonchev–Trinajstić information content (AvgIpc) is 2.39. The first-order chi connectivity index (χ1) is 8.32. The number of aryl methyl sites for hydroxylation is 1. The van der Waals surface area contributed by atoms with Gasteiger partial charge in [-0.2, -0.15) is 17.0 Å². The minimum atomic E-state index is -0.204. The number of benzene rings is 1. The average molecular weight is 245 g/mol. The van der Waals surface area contributed by atoms with Crippen molar-refractivity contribution in [3.8, 4) is 6.07 Å². The second kappa shape index (κ2) is 5.60. The first kappa shape index (κ1) is 12.5. The van der Waals surface area contributed by atoms with Crippen LogP contribution in [0, 0.1) is 11.3 Å². The Kier molecular flexibility index (Phi) is 4.12. The Hall–Kier alpha value is -0.940. The predicted molar refractivity (Wildman–Crippen MR) is 74.3 cm³/mol. The highest BCUT2D eigenvalue weighted by molar-refractivity contribution is 7.98. The summed E-state index contributed by atoms with van der Waals surface area (Å²) in [4.78, 5) is 0. The largest absolute Gasteiger partial charge is 0.197 e. The van der Waals surface area contributed by atoms with Gasteiger partial charge in [-0.1, -0.05) is 24.3 Å². The topological polar surface area (TPSA) is 23.8 Å². The molecule has 1 unspecified atom stereocenters. The van der Waals surface area contributed by atoms with E-state index in [9.17, 15) is 5.26 Å². The van der Waals surface area contributed by atoms with Gasteiger partial charge in [0.15, 0.2) is 0 Å². The molecule has 0 N–H and O–H groups in total. The molecule has 2 rings (SSSR count). The number of hydrogen-bond donors (Lipinski definition) is 0. The van der Waals surface area contributed by atoms with Crippen molar-refractivity contribution in [3.05, 3.63) is 35.4 Å². The number of hydrogen-bond acceptors (Lipinski definition) is 2. The Morgan fingerprint density at radius 3 is 3.00 bits per heavy atom. The molecule has 0 amide bonds. The summed E-state index contributed by atoms with van der Waals surface area (Å²) in [5, 5.41) is 9.63. The van der Waals surface area contributed by atoms with Crippen molar-refractivity contribution in [3.63, 3.8) is 0 Å². The molecule has 1 aliphatic rings. The first-order valence-corrected chi connectivity index (χ1v) is 7.70. The zero-order valence-electron chi connectivity index (χ0n) is 10.4. The van der Waals surface area contributed by atoms with Crippen LogP contribution in [0.15, 0.2) is 24.3 Å². The molecule has 1 aromatic carbocycles. The third kappa shape index (κ3) is 2.50. The van der Waals surface area contributed by atoms with E-state index in [2.05, 4.69) is 36.6 Å². The van der Waals surface area contributed by atoms with E-state index < -0.39 is 0 Å². The molecule has 0 heterocycles.